The van der Waals surface area contributed by atoms with E-state index >= 15 is 0 Å². The van der Waals surface area contributed by atoms with Gasteiger partial charge in [0.05, 0.1) is 5.56 Å². The van der Waals surface area contributed by atoms with Gasteiger partial charge in [-0.15, -0.1) is 0 Å². The van der Waals surface area contributed by atoms with Crippen molar-refractivity contribution in [3.05, 3.63) is 27.7 Å². The highest BCUT2D eigenvalue weighted by atomic mass is 79.9. The number of halogens is 9. The molecule has 0 unspecified atom stereocenters. The van der Waals surface area contributed by atoms with E-state index in [1.807, 2.05) is 0 Å². The lowest BCUT2D eigenvalue weighted by Gasteiger charge is -2.19. The average Bonchev–Trinajstić information content (AvgIpc) is 2.11. The highest BCUT2D eigenvalue weighted by molar-refractivity contribution is 9.10. The topological polar surface area (TPSA) is 9.23 Å². The van der Waals surface area contributed by atoms with E-state index in [4.69, 9.17) is 0 Å². The van der Waals surface area contributed by atoms with Gasteiger partial charge in [-0.25, -0.2) is 0 Å². The highest BCUT2D eigenvalue weighted by Gasteiger charge is 2.46. The van der Waals surface area contributed by atoms with Gasteiger partial charge >= 0.3 is 19.0 Å². The van der Waals surface area contributed by atoms with Crippen molar-refractivity contribution < 1.29 is 39.9 Å². The molecule has 10 heteroatoms. The minimum Gasteiger partial charge on any atom is -0.434 e. The summed E-state index contributed by atoms with van der Waals surface area (Å²) >= 11 is 2.50. The molecule has 19 heavy (non-hydrogen) atoms. The van der Waals surface area contributed by atoms with Gasteiger partial charge in [-0.2, -0.15) is 35.1 Å². The molecule has 0 amide bonds. The van der Waals surface area contributed by atoms with Crippen LogP contribution in [-0.2, 0) is 12.4 Å². The number of alkyl halides is 8. The summed E-state index contributed by atoms with van der Waals surface area (Å²) in [4.78, 5) is 0. The molecule has 0 aliphatic rings. The van der Waals surface area contributed by atoms with Gasteiger partial charge in [0.2, 0.25) is 0 Å². The largest absolute Gasteiger partial charge is 0.434 e. The number of rotatable bonds is 2. The third kappa shape index (κ3) is 3.95. The number of ether oxygens (including phenoxy) is 1. The molecule has 1 rings (SSSR count). The predicted octanol–water partition coefficient (Wildman–Crippen LogP) is 5.09. The summed E-state index contributed by atoms with van der Waals surface area (Å²) in [6.45, 7) is -3.68. The standard InChI is InChI=1S/C9H3BrF8O/c10-3-1-4(8(13,14)15)6(9(16,17)18)5(2-3)19-7(11)12/h1-2,7H. The Kier molecular flexibility index (Phi) is 4.33. The van der Waals surface area contributed by atoms with Crippen LogP contribution < -0.4 is 4.74 Å². The van der Waals surface area contributed by atoms with E-state index in [1.54, 1.807) is 0 Å². The maximum Gasteiger partial charge on any atom is 0.420 e. The zero-order valence-corrected chi connectivity index (χ0v) is 10.1. The van der Waals surface area contributed by atoms with Gasteiger partial charge in [0.15, 0.2) is 0 Å². The molecule has 0 heterocycles. The lowest BCUT2D eigenvalue weighted by Crippen LogP contribution is -2.19. The molecule has 0 aliphatic carbocycles. The third-order valence-electron chi connectivity index (χ3n) is 1.87. The summed E-state index contributed by atoms with van der Waals surface area (Å²) in [5.41, 5.74) is -4.39. The Hall–Kier alpha value is -1.06. The fourth-order valence-corrected chi connectivity index (χ4v) is 1.72. The number of benzene rings is 1. The van der Waals surface area contributed by atoms with Crippen LogP contribution >= 0.6 is 15.9 Å². The van der Waals surface area contributed by atoms with Crippen LogP contribution in [0, 0.1) is 0 Å². The molecule has 1 aromatic carbocycles. The van der Waals surface area contributed by atoms with Gasteiger partial charge in [0.25, 0.3) is 0 Å². The monoisotopic (exact) mass is 358 g/mol. The molecule has 0 fully saturated rings. The van der Waals surface area contributed by atoms with Crippen molar-refractivity contribution in [1.29, 1.82) is 0 Å². The average molecular weight is 359 g/mol. The lowest BCUT2D eigenvalue weighted by atomic mass is 10.1. The van der Waals surface area contributed by atoms with Gasteiger partial charge in [-0.3, -0.25) is 0 Å². The highest BCUT2D eigenvalue weighted by Crippen LogP contribution is 2.46. The molecule has 108 valence electrons. The van der Waals surface area contributed by atoms with Crippen LogP contribution in [0.2, 0.25) is 0 Å². The molecular formula is C9H3BrF8O. The van der Waals surface area contributed by atoms with E-state index in [9.17, 15) is 35.1 Å². The van der Waals surface area contributed by atoms with Crippen molar-refractivity contribution in [3.8, 4) is 5.75 Å². The molecule has 0 saturated carbocycles. The predicted molar refractivity (Wildman–Crippen MR) is 50.8 cm³/mol. The zero-order chi connectivity index (χ0) is 15.0. The van der Waals surface area contributed by atoms with E-state index < -0.39 is 40.3 Å². The molecule has 0 aromatic heterocycles. The van der Waals surface area contributed by atoms with Crippen molar-refractivity contribution >= 4 is 15.9 Å². The summed E-state index contributed by atoms with van der Waals surface area (Å²) in [5.74, 6) is -1.59. The van der Waals surface area contributed by atoms with Crippen molar-refractivity contribution in [2.24, 2.45) is 0 Å². The maximum absolute atomic E-state index is 12.6. The molecule has 1 nitrogen and oxygen atoms in total. The Balaban J connectivity index is 3.59. The van der Waals surface area contributed by atoms with Gasteiger partial charge in [-0.1, -0.05) is 15.9 Å². The van der Waals surface area contributed by atoms with Crippen molar-refractivity contribution in [2.75, 3.05) is 0 Å². The minimum absolute atomic E-state index is 0.140. The van der Waals surface area contributed by atoms with Crippen LogP contribution in [0.4, 0.5) is 35.1 Å². The fraction of sp³-hybridized carbons (Fsp3) is 0.333. The van der Waals surface area contributed by atoms with Gasteiger partial charge in [0, 0.05) is 4.47 Å². The summed E-state index contributed by atoms with van der Waals surface area (Å²) < 4.78 is 102. The summed E-state index contributed by atoms with van der Waals surface area (Å²) in [7, 11) is 0. The Labute approximate surface area is 109 Å². The first-order chi connectivity index (χ1) is 8.43. The normalized spacial score (nSPS) is 12.9. The molecule has 0 radical (unpaired) electrons. The first-order valence-electron chi connectivity index (χ1n) is 4.35. The van der Waals surface area contributed by atoms with Crippen molar-refractivity contribution in [3.63, 3.8) is 0 Å². The lowest BCUT2D eigenvalue weighted by molar-refractivity contribution is -0.164. The molecule has 0 aliphatic heterocycles. The molecular weight excluding hydrogens is 356 g/mol. The van der Waals surface area contributed by atoms with Crippen LogP contribution in [-0.4, -0.2) is 6.61 Å². The first-order valence-corrected chi connectivity index (χ1v) is 5.15. The molecule has 0 N–H and O–H groups in total. The molecule has 0 bridgehead atoms. The second-order valence-corrected chi connectivity index (χ2v) is 4.12. The Morgan fingerprint density at radius 1 is 0.947 bits per heavy atom. The van der Waals surface area contributed by atoms with E-state index in [0.29, 0.717) is 6.07 Å². The van der Waals surface area contributed by atoms with Gasteiger partial charge in [-0.05, 0) is 12.1 Å². The smallest absolute Gasteiger partial charge is 0.420 e. The molecule has 0 saturated heterocycles. The van der Waals surface area contributed by atoms with E-state index in [-0.39, 0.29) is 6.07 Å². The van der Waals surface area contributed by atoms with E-state index in [2.05, 4.69) is 20.7 Å². The quantitative estimate of drug-likeness (QED) is 0.669. The minimum atomic E-state index is -5.49. The molecule has 0 atom stereocenters. The molecule has 1 aromatic rings. The Morgan fingerprint density at radius 2 is 1.47 bits per heavy atom. The Morgan fingerprint density at radius 3 is 1.84 bits per heavy atom. The van der Waals surface area contributed by atoms with E-state index in [0.717, 1.165) is 0 Å². The first kappa shape index (κ1) is 16.0. The summed E-state index contributed by atoms with van der Waals surface area (Å²) in [6, 6.07) is 0.533. The fourth-order valence-electron chi connectivity index (χ4n) is 1.29. The van der Waals surface area contributed by atoms with Crippen molar-refractivity contribution in [1.82, 2.24) is 0 Å². The van der Waals surface area contributed by atoms with Crippen LogP contribution in [0.25, 0.3) is 0 Å². The van der Waals surface area contributed by atoms with Crippen LogP contribution in [0.1, 0.15) is 11.1 Å². The molecule has 0 spiro atoms. The van der Waals surface area contributed by atoms with Gasteiger partial charge in [0.1, 0.15) is 11.3 Å². The second kappa shape index (κ2) is 5.14. The van der Waals surface area contributed by atoms with Crippen LogP contribution in [0.3, 0.4) is 0 Å². The summed E-state index contributed by atoms with van der Waals surface area (Å²) in [6.07, 6.45) is -10.9. The SMILES string of the molecule is FC(F)Oc1cc(Br)cc(C(F)(F)F)c1C(F)(F)F. The summed E-state index contributed by atoms with van der Waals surface area (Å²) in [5, 5.41) is 0. The maximum atomic E-state index is 12.6. The van der Waals surface area contributed by atoms with Crippen LogP contribution in [0.15, 0.2) is 16.6 Å². The Bertz CT molecular complexity index is 465. The zero-order valence-electron chi connectivity index (χ0n) is 8.54. The van der Waals surface area contributed by atoms with Gasteiger partial charge < -0.3 is 4.74 Å². The second-order valence-electron chi connectivity index (χ2n) is 3.20. The number of hydrogen-bond acceptors (Lipinski definition) is 1. The van der Waals surface area contributed by atoms with E-state index in [1.165, 1.54) is 0 Å². The number of hydrogen-bond donors (Lipinski definition) is 0. The van der Waals surface area contributed by atoms with Crippen molar-refractivity contribution in [2.45, 2.75) is 19.0 Å². The van der Waals surface area contributed by atoms with Crippen LogP contribution in [0.5, 0.6) is 5.75 Å². The third-order valence-corrected chi connectivity index (χ3v) is 2.33.